The summed E-state index contributed by atoms with van der Waals surface area (Å²) < 4.78 is 13.2. The molecule has 0 bridgehead atoms. The summed E-state index contributed by atoms with van der Waals surface area (Å²) in [4.78, 5) is 0. The summed E-state index contributed by atoms with van der Waals surface area (Å²) in [7, 11) is 0. The van der Waals surface area contributed by atoms with E-state index in [0.29, 0.717) is 12.2 Å². The molecule has 0 aliphatic carbocycles. The van der Waals surface area contributed by atoms with Crippen molar-refractivity contribution in [2.45, 2.75) is 44.6 Å². The zero-order valence-corrected chi connectivity index (χ0v) is 10.8. The Morgan fingerprint density at radius 1 is 0.900 bits per heavy atom. The first-order chi connectivity index (χ1) is 4.52. The normalized spacial score (nSPS) is 11.1. The first-order valence-corrected chi connectivity index (χ1v) is 9.82. The van der Waals surface area contributed by atoms with Gasteiger partial charge in [0.15, 0.2) is 0 Å². The second kappa shape index (κ2) is 5.44. The molecule has 0 N–H and O–H groups in total. The molecule has 0 aromatic rings. The van der Waals surface area contributed by atoms with Crippen molar-refractivity contribution in [3.63, 3.8) is 0 Å². The van der Waals surface area contributed by atoms with E-state index in [9.17, 15) is 0 Å². The first-order valence-electron chi connectivity index (χ1n) is 3.83. The van der Waals surface area contributed by atoms with E-state index in [4.69, 9.17) is 5.71 Å². The van der Waals surface area contributed by atoms with E-state index < -0.39 is 22.3 Å². The Kier molecular flexibility index (Phi) is 5.87. The zero-order chi connectivity index (χ0) is 8.15. The molecule has 0 aliphatic rings. The molecule has 0 atom stereocenters. The van der Waals surface area contributed by atoms with Crippen LogP contribution in [0.2, 0.25) is 4.68 Å². The second-order valence-electron chi connectivity index (χ2n) is 2.94. The number of hydrogen-bond donors (Lipinski definition) is 0. The third kappa shape index (κ3) is 6.90. The Labute approximate surface area is 72.7 Å². The molecule has 0 unspecified atom stereocenters. The molecular formula is C7H17InO2. The summed E-state index contributed by atoms with van der Waals surface area (Å²) in [5.74, 6) is 0. The third-order valence-electron chi connectivity index (χ3n) is 0.928. The van der Waals surface area contributed by atoms with Gasteiger partial charge >= 0.3 is 72.6 Å². The fraction of sp³-hybridized carbons (Fsp3) is 1.00. The van der Waals surface area contributed by atoms with Crippen LogP contribution < -0.4 is 0 Å². The van der Waals surface area contributed by atoms with E-state index in [0.717, 1.165) is 0 Å². The van der Waals surface area contributed by atoms with Crippen molar-refractivity contribution in [3.8, 4) is 0 Å². The van der Waals surface area contributed by atoms with Crippen molar-refractivity contribution in [1.82, 2.24) is 0 Å². The van der Waals surface area contributed by atoms with Crippen LogP contribution >= 0.6 is 0 Å². The topological polar surface area (TPSA) is 18.5 Å². The average molecular weight is 248 g/mol. The van der Waals surface area contributed by atoms with Crippen LogP contribution in [0.15, 0.2) is 0 Å². The van der Waals surface area contributed by atoms with Crippen LogP contribution in [0.5, 0.6) is 0 Å². The van der Waals surface area contributed by atoms with E-state index in [1.807, 2.05) is 0 Å². The summed E-state index contributed by atoms with van der Waals surface area (Å²) >= 11 is -1.95. The van der Waals surface area contributed by atoms with Crippen molar-refractivity contribution >= 4 is 22.3 Å². The van der Waals surface area contributed by atoms with Crippen molar-refractivity contribution in [2.24, 2.45) is 0 Å². The Morgan fingerprint density at radius 2 is 1.20 bits per heavy atom. The summed E-state index contributed by atoms with van der Waals surface area (Å²) in [6.45, 7) is 8.21. The van der Waals surface area contributed by atoms with Gasteiger partial charge in [0, 0.05) is 0 Å². The Bertz CT molecular complexity index is 73.7. The number of hydrogen-bond acceptors (Lipinski definition) is 2. The van der Waals surface area contributed by atoms with Crippen molar-refractivity contribution in [1.29, 1.82) is 0 Å². The number of rotatable bonds is 4. The Morgan fingerprint density at radius 3 is 1.40 bits per heavy atom. The molecule has 2 nitrogen and oxygen atoms in total. The van der Waals surface area contributed by atoms with Gasteiger partial charge < -0.3 is 0 Å². The van der Waals surface area contributed by atoms with Gasteiger partial charge in [0.05, 0.1) is 0 Å². The molecule has 60 valence electrons. The zero-order valence-electron chi connectivity index (χ0n) is 7.55. The van der Waals surface area contributed by atoms with E-state index in [1.165, 1.54) is 0 Å². The van der Waals surface area contributed by atoms with E-state index in [-0.39, 0.29) is 0 Å². The molecule has 0 radical (unpaired) electrons. The molecule has 0 aromatic carbocycles. The van der Waals surface area contributed by atoms with Gasteiger partial charge in [-0.3, -0.25) is 0 Å². The van der Waals surface area contributed by atoms with Crippen LogP contribution in [0.25, 0.3) is 0 Å². The fourth-order valence-corrected chi connectivity index (χ4v) is 5.36. The Hall–Kier alpha value is 0.790. The first kappa shape index (κ1) is 10.8. The molecule has 0 saturated heterocycles. The van der Waals surface area contributed by atoms with Crippen LogP contribution in [0, 0.1) is 0 Å². The van der Waals surface area contributed by atoms with Gasteiger partial charge in [-0.05, 0) is 0 Å². The van der Waals surface area contributed by atoms with Gasteiger partial charge in [-0.25, -0.2) is 0 Å². The second-order valence-corrected chi connectivity index (χ2v) is 7.73. The minimum absolute atomic E-state index is 0.338. The van der Waals surface area contributed by atoms with Crippen molar-refractivity contribution in [2.75, 3.05) is 0 Å². The van der Waals surface area contributed by atoms with Gasteiger partial charge in [-0.2, -0.15) is 0 Å². The predicted octanol–water partition coefficient (Wildman–Crippen LogP) is 1.95. The molecule has 0 aliphatic heterocycles. The maximum absolute atomic E-state index is 5.55. The molecule has 10 heavy (non-hydrogen) atoms. The Balaban J connectivity index is 3.34. The van der Waals surface area contributed by atoms with Gasteiger partial charge in [0.2, 0.25) is 0 Å². The quantitative estimate of drug-likeness (QED) is 0.757. The van der Waals surface area contributed by atoms with Gasteiger partial charge in [0.25, 0.3) is 0 Å². The standard InChI is InChI=1S/2C3H7O.CH3.In/c2*1-3(2)4;;/h2*3H,1-2H3;1H3;/q2*-1;;+2. The molecule has 0 spiro atoms. The summed E-state index contributed by atoms with van der Waals surface area (Å²) in [6, 6.07) is 0. The average Bonchev–Trinajstić information content (AvgIpc) is 1.58. The monoisotopic (exact) mass is 248 g/mol. The predicted molar refractivity (Wildman–Crippen MR) is 44.1 cm³/mol. The molecule has 0 rings (SSSR count). The van der Waals surface area contributed by atoms with Gasteiger partial charge in [0.1, 0.15) is 0 Å². The van der Waals surface area contributed by atoms with Crippen LogP contribution in [-0.4, -0.2) is 34.5 Å². The summed E-state index contributed by atoms with van der Waals surface area (Å²) in [5.41, 5.74) is 0. The van der Waals surface area contributed by atoms with E-state index >= 15 is 0 Å². The molecule has 0 heterocycles. The SMILES string of the molecule is CC(C)[O][In]([CH3])[O]C(C)C. The summed E-state index contributed by atoms with van der Waals surface area (Å²) in [5, 5.41) is 0. The molecular weight excluding hydrogens is 231 g/mol. The molecule has 3 heteroatoms. The van der Waals surface area contributed by atoms with Gasteiger partial charge in [-0.1, -0.05) is 0 Å². The van der Waals surface area contributed by atoms with E-state index in [2.05, 4.69) is 32.4 Å². The van der Waals surface area contributed by atoms with Crippen LogP contribution in [0.4, 0.5) is 0 Å². The maximum atomic E-state index is 5.55. The molecule has 0 amide bonds. The third-order valence-corrected chi connectivity index (χ3v) is 6.22. The van der Waals surface area contributed by atoms with Gasteiger partial charge in [-0.15, -0.1) is 0 Å². The van der Waals surface area contributed by atoms with Crippen molar-refractivity contribution in [3.05, 3.63) is 0 Å². The molecule has 0 saturated carbocycles. The summed E-state index contributed by atoms with van der Waals surface area (Å²) in [6.07, 6.45) is 0.675. The van der Waals surface area contributed by atoms with Crippen molar-refractivity contribution < 1.29 is 5.71 Å². The van der Waals surface area contributed by atoms with E-state index in [1.54, 1.807) is 0 Å². The van der Waals surface area contributed by atoms with Crippen LogP contribution in [0.3, 0.4) is 0 Å². The molecule has 0 fully saturated rings. The van der Waals surface area contributed by atoms with Crippen LogP contribution in [-0.2, 0) is 5.71 Å². The fourth-order valence-electron chi connectivity index (χ4n) is 0.799. The molecule has 0 aromatic heterocycles. The minimum atomic E-state index is -1.95. The van der Waals surface area contributed by atoms with Crippen LogP contribution in [0.1, 0.15) is 27.7 Å².